The zero-order valence-electron chi connectivity index (χ0n) is 17.4. The van der Waals surface area contributed by atoms with Gasteiger partial charge in [-0.1, -0.05) is 31.0 Å². The molecule has 0 N–H and O–H groups in total. The van der Waals surface area contributed by atoms with Gasteiger partial charge in [0.25, 0.3) is 0 Å². The maximum Gasteiger partial charge on any atom is 0.374 e. The largest absolute Gasteiger partial charge is 0.461 e. The normalized spacial score (nSPS) is 20.7. The molecule has 2 amide bonds. The van der Waals surface area contributed by atoms with E-state index in [-0.39, 0.29) is 55.6 Å². The summed E-state index contributed by atoms with van der Waals surface area (Å²) in [4.78, 5) is 50.8. The molecule has 1 aliphatic carbocycles. The molecule has 8 nitrogen and oxygen atoms in total. The highest BCUT2D eigenvalue weighted by atomic mass is 16.5. The van der Waals surface area contributed by atoms with Crippen LogP contribution < -0.4 is 0 Å². The predicted molar refractivity (Wildman–Crippen MR) is 109 cm³/mol. The van der Waals surface area contributed by atoms with E-state index in [1.807, 2.05) is 0 Å². The molecule has 2 fully saturated rings. The van der Waals surface area contributed by atoms with Crippen molar-refractivity contribution < 1.29 is 33.1 Å². The van der Waals surface area contributed by atoms with E-state index >= 15 is 0 Å². The quantitative estimate of drug-likeness (QED) is 0.494. The van der Waals surface area contributed by atoms with E-state index in [0.717, 1.165) is 25.7 Å². The Morgan fingerprint density at radius 2 is 1.74 bits per heavy atom. The van der Waals surface area contributed by atoms with Gasteiger partial charge in [0.1, 0.15) is 12.2 Å². The number of likely N-dealkylation sites (tertiary alicyclic amines) is 1. The van der Waals surface area contributed by atoms with Gasteiger partial charge in [0.05, 0.1) is 30.4 Å². The van der Waals surface area contributed by atoms with E-state index in [1.54, 1.807) is 31.2 Å². The first-order chi connectivity index (χ1) is 15.0. The minimum absolute atomic E-state index is 0.00447. The van der Waals surface area contributed by atoms with Crippen molar-refractivity contribution in [3.05, 3.63) is 35.6 Å². The highest BCUT2D eigenvalue weighted by molar-refractivity contribution is 6.05. The van der Waals surface area contributed by atoms with Gasteiger partial charge in [-0.2, -0.15) is 0 Å². The number of imide groups is 1. The third-order valence-corrected chi connectivity index (χ3v) is 6.01. The number of nitrogens with zero attached hydrogens (tertiary/aromatic N) is 1. The van der Waals surface area contributed by atoms with Crippen molar-refractivity contribution in [3.63, 3.8) is 0 Å². The zero-order valence-corrected chi connectivity index (χ0v) is 17.4. The van der Waals surface area contributed by atoms with E-state index in [2.05, 4.69) is 0 Å². The highest BCUT2D eigenvalue weighted by Gasteiger charge is 2.47. The summed E-state index contributed by atoms with van der Waals surface area (Å²) >= 11 is 0. The Balaban J connectivity index is 1.40. The van der Waals surface area contributed by atoms with Crippen molar-refractivity contribution in [2.24, 2.45) is 11.8 Å². The van der Waals surface area contributed by atoms with Gasteiger partial charge in [-0.3, -0.25) is 19.3 Å². The molecule has 0 bridgehead atoms. The molecule has 2 heterocycles. The van der Waals surface area contributed by atoms with Gasteiger partial charge in [0.15, 0.2) is 0 Å². The molecule has 1 aromatic carbocycles. The summed E-state index contributed by atoms with van der Waals surface area (Å²) in [6.45, 7) is 1.73. The summed E-state index contributed by atoms with van der Waals surface area (Å²) < 4.78 is 16.0. The van der Waals surface area contributed by atoms with Crippen molar-refractivity contribution in [1.29, 1.82) is 0 Å². The summed E-state index contributed by atoms with van der Waals surface area (Å²) in [5, 5.41) is 0.660. The van der Waals surface area contributed by atoms with Gasteiger partial charge in [0, 0.05) is 11.9 Å². The van der Waals surface area contributed by atoms with Gasteiger partial charge in [-0.25, -0.2) is 4.79 Å². The van der Waals surface area contributed by atoms with Crippen LogP contribution in [-0.4, -0.2) is 41.8 Å². The molecule has 8 heteroatoms. The molecule has 1 aromatic heterocycles. The summed E-state index contributed by atoms with van der Waals surface area (Å²) in [7, 11) is 0. The highest BCUT2D eigenvalue weighted by Crippen LogP contribution is 2.38. The first kappa shape index (κ1) is 21.1. The van der Waals surface area contributed by atoms with Gasteiger partial charge in [-0.05, 0) is 25.8 Å². The van der Waals surface area contributed by atoms with E-state index < -0.39 is 11.9 Å². The molecule has 31 heavy (non-hydrogen) atoms. The number of hydrogen-bond acceptors (Lipinski definition) is 7. The van der Waals surface area contributed by atoms with Crippen LogP contribution in [0.4, 0.5) is 0 Å². The fraction of sp³-hybridized carbons (Fsp3) is 0.478. The molecule has 2 aliphatic rings. The lowest BCUT2D eigenvalue weighted by molar-refractivity contribution is -0.146. The molecule has 1 saturated heterocycles. The lowest BCUT2D eigenvalue weighted by atomic mass is 9.81. The second kappa shape index (κ2) is 8.91. The average Bonchev–Trinajstić information content (AvgIpc) is 3.27. The Labute approximate surface area is 179 Å². The molecule has 0 radical (unpaired) electrons. The van der Waals surface area contributed by atoms with Crippen LogP contribution >= 0.6 is 0 Å². The van der Waals surface area contributed by atoms with Gasteiger partial charge >= 0.3 is 11.9 Å². The number of benzene rings is 1. The minimum Gasteiger partial charge on any atom is -0.461 e. The Hall–Kier alpha value is -3.16. The Bertz CT molecular complexity index is 1000. The van der Waals surface area contributed by atoms with Gasteiger partial charge < -0.3 is 13.9 Å². The van der Waals surface area contributed by atoms with Crippen LogP contribution in [-0.2, 0) is 30.5 Å². The van der Waals surface area contributed by atoms with Crippen LogP contribution in [0, 0.1) is 11.8 Å². The molecule has 4 rings (SSSR count). The number of fused-ring (bicyclic) bond motifs is 2. The van der Waals surface area contributed by atoms with Crippen LogP contribution in [0.25, 0.3) is 11.0 Å². The average molecular weight is 427 g/mol. The number of rotatable bonds is 7. The monoisotopic (exact) mass is 427 g/mol. The van der Waals surface area contributed by atoms with Crippen LogP contribution in [0.2, 0.25) is 0 Å². The summed E-state index contributed by atoms with van der Waals surface area (Å²) in [6, 6.07) is 7.06. The molecular formula is C23H25NO7. The van der Waals surface area contributed by atoms with Gasteiger partial charge in [-0.15, -0.1) is 0 Å². The lowest BCUT2D eigenvalue weighted by Crippen LogP contribution is -2.33. The van der Waals surface area contributed by atoms with E-state index in [1.165, 1.54) is 4.90 Å². The number of para-hydroxylation sites is 1. The number of carbonyl (C=O) groups is 4. The SMILES string of the molecule is CCOC(=O)c1oc2ccccc2c1COC(=O)CCN1C(=O)[C@H]2CCCC[C@H]2C1=O. The Morgan fingerprint density at radius 3 is 2.42 bits per heavy atom. The second-order valence-electron chi connectivity index (χ2n) is 7.86. The number of hydrogen-bond donors (Lipinski definition) is 0. The van der Waals surface area contributed by atoms with Crippen molar-refractivity contribution in [2.75, 3.05) is 13.2 Å². The zero-order chi connectivity index (χ0) is 22.0. The van der Waals surface area contributed by atoms with Crippen molar-refractivity contribution in [1.82, 2.24) is 4.90 Å². The van der Waals surface area contributed by atoms with E-state index in [9.17, 15) is 19.2 Å². The number of furan rings is 1. The van der Waals surface area contributed by atoms with Crippen LogP contribution in [0.3, 0.4) is 0 Å². The molecule has 2 atom stereocenters. The maximum atomic E-state index is 12.5. The molecule has 0 unspecified atom stereocenters. The van der Waals surface area contributed by atoms with Gasteiger partial charge in [0.2, 0.25) is 17.6 Å². The summed E-state index contributed by atoms with van der Waals surface area (Å²) in [5.74, 6) is -2.00. The minimum atomic E-state index is -0.624. The third-order valence-electron chi connectivity index (χ3n) is 6.01. The maximum absolute atomic E-state index is 12.5. The fourth-order valence-electron chi connectivity index (χ4n) is 4.48. The third kappa shape index (κ3) is 4.06. The molecule has 1 saturated carbocycles. The van der Waals surface area contributed by atoms with Crippen molar-refractivity contribution in [2.45, 2.75) is 45.6 Å². The van der Waals surface area contributed by atoms with Crippen LogP contribution in [0.15, 0.2) is 28.7 Å². The predicted octanol–water partition coefficient (Wildman–Crippen LogP) is 3.22. The van der Waals surface area contributed by atoms with Crippen molar-refractivity contribution >= 4 is 34.7 Å². The smallest absolute Gasteiger partial charge is 0.374 e. The summed E-state index contributed by atoms with van der Waals surface area (Å²) in [6.07, 6.45) is 3.29. The number of ether oxygens (including phenoxy) is 2. The molecule has 164 valence electrons. The second-order valence-corrected chi connectivity index (χ2v) is 7.86. The number of amides is 2. The summed E-state index contributed by atoms with van der Waals surface area (Å²) in [5.41, 5.74) is 0.925. The van der Waals surface area contributed by atoms with Crippen LogP contribution in [0.1, 0.15) is 55.1 Å². The van der Waals surface area contributed by atoms with E-state index in [4.69, 9.17) is 13.9 Å². The van der Waals surface area contributed by atoms with Crippen LogP contribution in [0.5, 0.6) is 0 Å². The standard InChI is InChI=1S/C23H25NO7/c1-2-29-23(28)20-17(14-7-5-6-10-18(14)31-20)13-30-19(25)11-12-24-21(26)15-8-3-4-9-16(15)22(24)27/h5-7,10,15-16H,2-4,8-9,11-13H2,1H3/t15-,16+. The van der Waals surface area contributed by atoms with E-state index in [0.29, 0.717) is 16.5 Å². The number of carbonyl (C=O) groups excluding carboxylic acids is 4. The molecule has 2 aromatic rings. The first-order valence-electron chi connectivity index (χ1n) is 10.7. The Morgan fingerprint density at radius 1 is 1.06 bits per heavy atom. The lowest BCUT2D eigenvalue weighted by Gasteiger charge is -2.19. The topological polar surface area (TPSA) is 103 Å². The first-order valence-corrected chi connectivity index (χ1v) is 10.7. The molecule has 0 spiro atoms. The fourth-order valence-corrected chi connectivity index (χ4v) is 4.48. The molecular weight excluding hydrogens is 402 g/mol. The number of esters is 2. The molecule has 1 aliphatic heterocycles. The van der Waals surface area contributed by atoms with Crippen molar-refractivity contribution in [3.8, 4) is 0 Å². The Kier molecular flexibility index (Phi) is 6.06.